The second kappa shape index (κ2) is 6.08. The van der Waals surface area contributed by atoms with Crippen molar-refractivity contribution in [3.63, 3.8) is 0 Å². The highest BCUT2D eigenvalue weighted by molar-refractivity contribution is 5.87. The van der Waals surface area contributed by atoms with Crippen molar-refractivity contribution in [2.45, 2.75) is 12.6 Å². The molecular formula is C14H13F3N2O3. The zero-order valence-electron chi connectivity index (χ0n) is 11.6. The summed E-state index contributed by atoms with van der Waals surface area (Å²) in [6, 6.07) is 6.18. The number of aromatic amines is 1. The summed E-state index contributed by atoms with van der Waals surface area (Å²) in [5.41, 5.74) is 0.845. The Balaban J connectivity index is 2.22. The largest absolute Gasteiger partial charge is 0.495 e. The van der Waals surface area contributed by atoms with Crippen LogP contribution in [0.2, 0.25) is 0 Å². The van der Waals surface area contributed by atoms with E-state index in [1.54, 1.807) is 18.2 Å². The first-order valence-electron chi connectivity index (χ1n) is 6.37. The van der Waals surface area contributed by atoms with Crippen molar-refractivity contribution >= 4 is 16.8 Å². The van der Waals surface area contributed by atoms with Crippen LogP contribution >= 0.6 is 0 Å². The Morgan fingerprint density at radius 2 is 2.00 bits per heavy atom. The third-order valence-electron chi connectivity index (χ3n) is 3.10. The van der Waals surface area contributed by atoms with Gasteiger partial charge in [0.15, 0.2) is 0 Å². The number of methoxy groups -OCH3 is 1. The Kier molecular flexibility index (Phi) is 4.39. The molecule has 0 aliphatic rings. The topological polar surface area (TPSA) is 71.2 Å². The van der Waals surface area contributed by atoms with E-state index in [1.165, 1.54) is 13.2 Å². The Morgan fingerprint density at radius 3 is 2.64 bits per heavy atom. The number of ether oxygens (including phenoxy) is 1. The van der Waals surface area contributed by atoms with E-state index in [1.807, 2.05) is 5.32 Å². The van der Waals surface area contributed by atoms with Gasteiger partial charge in [-0.2, -0.15) is 13.2 Å². The molecule has 118 valence electrons. The van der Waals surface area contributed by atoms with Crippen LogP contribution in [0, 0.1) is 0 Å². The number of H-pyrrole nitrogens is 1. The average molecular weight is 314 g/mol. The van der Waals surface area contributed by atoms with Crippen LogP contribution in [-0.4, -0.2) is 30.7 Å². The Morgan fingerprint density at radius 1 is 1.27 bits per heavy atom. The minimum atomic E-state index is -4.90. The minimum absolute atomic E-state index is 0.168. The quantitative estimate of drug-likeness (QED) is 0.903. The fraction of sp³-hybridized carbons (Fsp3) is 0.286. The molecule has 2 N–H and O–H groups in total. The van der Waals surface area contributed by atoms with Crippen molar-refractivity contribution in [3.05, 3.63) is 40.2 Å². The second-order valence-electron chi connectivity index (χ2n) is 4.54. The first-order valence-corrected chi connectivity index (χ1v) is 6.37. The molecule has 0 aliphatic carbocycles. The molecule has 1 aromatic heterocycles. The Bertz CT molecular complexity index is 753. The standard InChI is InChI=1S/C14H13F3N2O3/c1-22-10-4-2-8(6-7-18-13(21)14(15,16)17)9-3-5-11(20)19-12(9)10/h2-5H,6-7H2,1H3,(H,18,21)(H,19,20). The number of fused-ring (bicyclic) bond motifs is 1. The summed E-state index contributed by atoms with van der Waals surface area (Å²) in [5.74, 6) is -1.52. The molecule has 0 radical (unpaired) electrons. The van der Waals surface area contributed by atoms with Crippen LogP contribution in [0.3, 0.4) is 0 Å². The number of pyridine rings is 1. The van der Waals surface area contributed by atoms with Crippen molar-refractivity contribution in [3.8, 4) is 5.75 Å². The number of amides is 1. The lowest BCUT2D eigenvalue weighted by Crippen LogP contribution is -2.37. The Hall–Kier alpha value is -2.51. The van der Waals surface area contributed by atoms with Crippen molar-refractivity contribution in [2.24, 2.45) is 0 Å². The molecule has 0 aliphatic heterocycles. The number of aromatic nitrogens is 1. The van der Waals surface area contributed by atoms with E-state index in [0.29, 0.717) is 22.2 Å². The van der Waals surface area contributed by atoms with E-state index < -0.39 is 12.1 Å². The van der Waals surface area contributed by atoms with Gasteiger partial charge in [-0.25, -0.2) is 0 Å². The number of alkyl halides is 3. The molecule has 0 spiro atoms. The number of carbonyl (C=O) groups excluding carboxylic acids is 1. The van der Waals surface area contributed by atoms with Gasteiger partial charge < -0.3 is 15.0 Å². The van der Waals surface area contributed by atoms with Gasteiger partial charge in [0, 0.05) is 18.0 Å². The van der Waals surface area contributed by atoms with Crippen molar-refractivity contribution in [2.75, 3.05) is 13.7 Å². The van der Waals surface area contributed by atoms with Crippen molar-refractivity contribution in [1.82, 2.24) is 10.3 Å². The second-order valence-corrected chi connectivity index (χ2v) is 4.54. The average Bonchev–Trinajstić information content (AvgIpc) is 2.45. The summed E-state index contributed by atoms with van der Waals surface area (Å²) in [6.07, 6.45) is -4.71. The molecule has 8 heteroatoms. The summed E-state index contributed by atoms with van der Waals surface area (Å²) in [5, 5.41) is 2.46. The van der Waals surface area contributed by atoms with Gasteiger partial charge in [-0.05, 0) is 24.1 Å². The van der Waals surface area contributed by atoms with Crippen LogP contribution in [0.5, 0.6) is 5.75 Å². The summed E-state index contributed by atoms with van der Waals surface area (Å²) in [4.78, 5) is 24.8. The maximum atomic E-state index is 12.1. The fourth-order valence-corrected chi connectivity index (χ4v) is 2.08. The highest BCUT2D eigenvalue weighted by Crippen LogP contribution is 2.25. The summed E-state index contributed by atoms with van der Waals surface area (Å²) >= 11 is 0. The number of halogens is 3. The molecule has 1 aromatic carbocycles. The maximum absolute atomic E-state index is 12.1. The first-order chi connectivity index (χ1) is 10.3. The van der Waals surface area contributed by atoms with Gasteiger partial charge >= 0.3 is 12.1 Å². The molecule has 1 heterocycles. The maximum Gasteiger partial charge on any atom is 0.471 e. The first kappa shape index (κ1) is 15.9. The molecule has 22 heavy (non-hydrogen) atoms. The lowest BCUT2D eigenvalue weighted by atomic mass is 10.0. The highest BCUT2D eigenvalue weighted by atomic mass is 19.4. The van der Waals surface area contributed by atoms with Crippen LogP contribution in [0.25, 0.3) is 10.9 Å². The summed E-state index contributed by atoms with van der Waals surface area (Å²) < 4.78 is 41.4. The molecule has 0 bridgehead atoms. The molecule has 0 saturated heterocycles. The molecule has 2 rings (SSSR count). The van der Waals surface area contributed by atoms with Gasteiger partial charge in [-0.15, -0.1) is 0 Å². The summed E-state index contributed by atoms with van der Waals surface area (Å²) in [6.45, 7) is -0.168. The van der Waals surface area contributed by atoms with E-state index in [4.69, 9.17) is 4.74 Å². The number of rotatable bonds is 4. The third kappa shape index (κ3) is 3.38. The smallest absolute Gasteiger partial charge is 0.471 e. The van der Waals surface area contributed by atoms with Crippen molar-refractivity contribution < 1.29 is 22.7 Å². The van der Waals surface area contributed by atoms with E-state index in [-0.39, 0.29) is 18.5 Å². The zero-order valence-corrected chi connectivity index (χ0v) is 11.6. The monoisotopic (exact) mass is 314 g/mol. The molecule has 1 amide bonds. The molecule has 5 nitrogen and oxygen atoms in total. The van der Waals surface area contributed by atoms with Crippen LogP contribution < -0.4 is 15.6 Å². The predicted octanol–water partition coefficient (Wildman–Crippen LogP) is 1.76. The van der Waals surface area contributed by atoms with E-state index in [0.717, 1.165) is 0 Å². The van der Waals surface area contributed by atoms with E-state index in [9.17, 15) is 22.8 Å². The normalized spacial score (nSPS) is 11.5. The van der Waals surface area contributed by atoms with Gasteiger partial charge in [-0.1, -0.05) is 6.07 Å². The molecule has 0 saturated carbocycles. The van der Waals surface area contributed by atoms with Crippen LogP contribution in [0.1, 0.15) is 5.56 Å². The minimum Gasteiger partial charge on any atom is -0.495 e. The number of benzene rings is 1. The SMILES string of the molecule is COc1ccc(CCNC(=O)C(F)(F)F)c2ccc(=O)[nH]c12. The lowest BCUT2D eigenvalue weighted by molar-refractivity contribution is -0.173. The fourth-order valence-electron chi connectivity index (χ4n) is 2.08. The lowest BCUT2D eigenvalue weighted by Gasteiger charge is -2.11. The highest BCUT2D eigenvalue weighted by Gasteiger charge is 2.38. The van der Waals surface area contributed by atoms with E-state index in [2.05, 4.69) is 4.98 Å². The summed E-state index contributed by atoms with van der Waals surface area (Å²) in [7, 11) is 1.45. The number of nitrogens with one attached hydrogen (secondary N) is 2. The molecule has 0 atom stereocenters. The predicted molar refractivity (Wildman–Crippen MR) is 73.9 cm³/mol. The molecule has 0 fully saturated rings. The van der Waals surface area contributed by atoms with Crippen LogP contribution in [0.15, 0.2) is 29.1 Å². The van der Waals surface area contributed by atoms with E-state index >= 15 is 0 Å². The third-order valence-corrected chi connectivity index (χ3v) is 3.10. The van der Waals surface area contributed by atoms with Gasteiger partial charge in [0.25, 0.3) is 0 Å². The van der Waals surface area contributed by atoms with Crippen LogP contribution in [0.4, 0.5) is 13.2 Å². The van der Waals surface area contributed by atoms with Crippen molar-refractivity contribution in [1.29, 1.82) is 0 Å². The molecule has 2 aromatic rings. The van der Waals surface area contributed by atoms with Crippen LogP contribution in [-0.2, 0) is 11.2 Å². The van der Waals surface area contributed by atoms with Gasteiger partial charge in [0.2, 0.25) is 5.56 Å². The number of hydrogen-bond donors (Lipinski definition) is 2. The van der Waals surface area contributed by atoms with Gasteiger partial charge in [0.1, 0.15) is 5.75 Å². The number of carbonyl (C=O) groups is 1. The molecular weight excluding hydrogens is 301 g/mol. The molecule has 0 unspecified atom stereocenters. The Labute approximate surface area is 123 Å². The number of hydrogen-bond acceptors (Lipinski definition) is 3. The zero-order chi connectivity index (χ0) is 16.3. The van der Waals surface area contributed by atoms with Gasteiger partial charge in [0.05, 0.1) is 12.6 Å². The van der Waals surface area contributed by atoms with Gasteiger partial charge in [-0.3, -0.25) is 9.59 Å².